The van der Waals surface area contributed by atoms with Crippen LogP contribution in [0.3, 0.4) is 0 Å². The highest BCUT2D eigenvalue weighted by Crippen LogP contribution is 2.30. The number of amides is 1. The SMILES string of the molecule is CCC(=O)N1CCC(NC2CCCC2C2COCCN2)C1. The molecule has 21 heavy (non-hydrogen) atoms. The third kappa shape index (κ3) is 3.58. The van der Waals surface area contributed by atoms with Gasteiger partial charge in [-0.3, -0.25) is 4.79 Å². The molecule has 120 valence electrons. The zero-order valence-corrected chi connectivity index (χ0v) is 13.1. The Morgan fingerprint density at radius 3 is 3.05 bits per heavy atom. The number of morpholine rings is 1. The van der Waals surface area contributed by atoms with Crippen molar-refractivity contribution in [2.24, 2.45) is 5.92 Å². The van der Waals surface area contributed by atoms with Crippen LogP contribution in [0.15, 0.2) is 0 Å². The van der Waals surface area contributed by atoms with Crippen LogP contribution in [0, 0.1) is 5.92 Å². The van der Waals surface area contributed by atoms with Crippen molar-refractivity contribution in [1.82, 2.24) is 15.5 Å². The van der Waals surface area contributed by atoms with Crippen molar-refractivity contribution in [3.05, 3.63) is 0 Å². The fourth-order valence-corrected chi connectivity index (χ4v) is 4.19. The summed E-state index contributed by atoms with van der Waals surface area (Å²) < 4.78 is 5.63. The molecule has 1 aliphatic carbocycles. The number of nitrogens with one attached hydrogen (secondary N) is 2. The van der Waals surface area contributed by atoms with E-state index in [2.05, 4.69) is 10.6 Å². The lowest BCUT2D eigenvalue weighted by molar-refractivity contribution is -0.129. The van der Waals surface area contributed by atoms with Crippen LogP contribution in [0.1, 0.15) is 39.0 Å². The van der Waals surface area contributed by atoms with Gasteiger partial charge in [-0.25, -0.2) is 0 Å². The number of nitrogens with zero attached hydrogens (tertiary/aromatic N) is 1. The summed E-state index contributed by atoms with van der Waals surface area (Å²) in [6.07, 6.45) is 5.60. The first kappa shape index (κ1) is 15.3. The van der Waals surface area contributed by atoms with Gasteiger partial charge in [-0.15, -0.1) is 0 Å². The highest BCUT2D eigenvalue weighted by molar-refractivity contribution is 5.76. The van der Waals surface area contributed by atoms with Crippen LogP contribution < -0.4 is 10.6 Å². The van der Waals surface area contributed by atoms with Crippen LogP contribution in [0.4, 0.5) is 0 Å². The Hall–Kier alpha value is -0.650. The van der Waals surface area contributed by atoms with Crippen LogP contribution in [0.5, 0.6) is 0 Å². The van der Waals surface area contributed by atoms with E-state index in [1.165, 1.54) is 19.3 Å². The molecule has 3 rings (SSSR count). The first-order chi connectivity index (χ1) is 10.3. The maximum Gasteiger partial charge on any atom is 0.222 e. The lowest BCUT2D eigenvalue weighted by Gasteiger charge is -2.34. The Balaban J connectivity index is 1.51. The molecule has 0 spiro atoms. The minimum Gasteiger partial charge on any atom is -0.379 e. The Morgan fingerprint density at radius 1 is 1.38 bits per heavy atom. The number of carbonyl (C=O) groups excluding carboxylic acids is 1. The Morgan fingerprint density at radius 2 is 2.29 bits per heavy atom. The molecule has 3 aliphatic rings. The van der Waals surface area contributed by atoms with Gasteiger partial charge in [0.1, 0.15) is 0 Å². The van der Waals surface area contributed by atoms with E-state index in [1.54, 1.807) is 0 Å². The molecule has 4 atom stereocenters. The van der Waals surface area contributed by atoms with E-state index in [4.69, 9.17) is 4.74 Å². The molecule has 5 nitrogen and oxygen atoms in total. The summed E-state index contributed by atoms with van der Waals surface area (Å²) in [6.45, 7) is 6.45. The third-order valence-electron chi connectivity index (χ3n) is 5.33. The van der Waals surface area contributed by atoms with Crippen molar-refractivity contribution in [3.63, 3.8) is 0 Å². The van der Waals surface area contributed by atoms with Gasteiger partial charge in [0.05, 0.1) is 13.2 Å². The average Bonchev–Trinajstić information content (AvgIpc) is 3.17. The van der Waals surface area contributed by atoms with Crippen molar-refractivity contribution < 1.29 is 9.53 Å². The molecule has 2 aliphatic heterocycles. The molecule has 2 saturated heterocycles. The van der Waals surface area contributed by atoms with Crippen molar-refractivity contribution in [2.45, 2.75) is 57.2 Å². The summed E-state index contributed by atoms with van der Waals surface area (Å²) in [5.74, 6) is 0.978. The van der Waals surface area contributed by atoms with Crippen LogP contribution in [0.25, 0.3) is 0 Å². The van der Waals surface area contributed by atoms with Gasteiger partial charge < -0.3 is 20.3 Å². The minimum atomic E-state index is 0.296. The molecule has 2 heterocycles. The van der Waals surface area contributed by atoms with Crippen LogP contribution in [-0.4, -0.2) is 61.8 Å². The molecule has 3 fully saturated rings. The summed E-state index contributed by atoms with van der Waals surface area (Å²) in [5.41, 5.74) is 0. The zero-order chi connectivity index (χ0) is 14.7. The maximum atomic E-state index is 11.8. The Labute approximate surface area is 127 Å². The topological polar surface area (TPSA) is 53.6 Å². The van der Waals surface area contributed by atoms with E-state index in [1.807, 2.05) is 11.8 Å². The normalized spacial score (nSPS) is 37.1. The maximum absolute atomic E-state index is 11.8. The monoisotopic (exact) mass is 295 g/mol. The fraction of sp³-hybridized carbons (Fsp3) is 0.938. The first-order valence-corrected chi connectivity index (χ1v) is 8.63. The zero-order valence-electron chi connectivity index (χ0n) is 13.1. The fourth-order valence-electron chi connectivity index (χ4n) is 4.19. The number of rotatable bonds is 4. The van der Waals surface area contributed by atoms with E-state index in [9.17, 15) is 4.79 Å². The first-order valence-electron chi connectivity index (χ1n) is 8.63. The number of likely N-dealkylation sites (tertiary alicyclic amines) is 1. The number of hydrogen-bond donors (Lipinski definition) is 2. The van der Waals surface area contributed by atoms with E-state index in [0.29, 0.717) is 36.4 Å². The van der Waals surface area contributed by atoms with Crippen molar-refractivity contribution >= 4 is 5.91 Å². The molecular formula is C16H29N3O2. The van der Waals surface area contributed by atoms with Gasteiger partial charge in [-0.1, -0.05) is 13.3 Å². The van der Waals surface area contributed by atoms with E-state index in [-0.39, 0.29) is 0 Å². The molecular weight excluding hydrogens is 266 g/mol. The summed E-state index contributed by atoms with van der Waals surface area (Å²) in [4.78, 5) is 13.8. The minimum absolute atomic E-state index is 0.296. The quantitative estimate of drug-likeness (QED) is 0.803. The summed E-state index contributed by atoms with van der Waals surface area (Å²) >= 11 is 0. The van der Waals surface area contributed by atoms with Gasteiger partial charge in [0, 0.05) is 44.2 Å². The second-order valence-corrected chi connectivity index (χ2v) is 6.68. The van der Waals surface area contributed by atoms with Gasteiger partial charge in [-0.05, 0) is 25.2 Å². The van der Waals surface area contributed by atoms with Crippen LogP contribution >= 0.6 is 0 Å². The standard InChI is InChI=1S/C16H29N3O2/c1-2-16(20)19-8-6-12(10-19)18-14-5-3-4-13(14)15-11-21-9-7-17-15/h12-15,17-18H,2-11H2,1H3. The van der Waals surface area contributed by atoms with Gasteiger partial charge in [-0.2, -0.15) is 0 Å². The molecule has 2 N–H and O–H groups in total. The molecule has 0 aromatic rings. The molecule has 0 aromatic heterocycles. The molecule has 0 aromatic carbocycles. The van der Waals surface area contributed by atoms with Gasteiger partial charge >= 0.3 is 0 Å². The molecule has 1 amide bonds. The Kier molecular flexibility index (Phi) is 5.14. The number of hydrogen-bond acceptors (Lipinski definition) is 4. The predicted molar refractivity (Wildman–Crippen MR) is 82.2 cm³/mol. The van der Waals surface area contributed by atoms with Crippen LogP contribution in [-0.2, 0) is 9.53 Å². The van der Waals surface area contributed by atoms with Gasteiger partial charge in [0.25, 0.3) is 0 Å². The van der Waals surface area contributed by atoms with E-state index >= 15 is 0 Å². The largest absolute Gasteiger partial charge is 0.379 e. The average molecular weight is 295 g/mol. The molecule has 0 bridgehead atoms. The summed E-state index contributed by atoms with van der Waals surface area (Å²) in [5, 5.41) is 7.47. The lowest BCUT2D eigenvalue weighted by atomic mass is 9.93. The summed E-state index contributed by atoms with van der Waals surface area (Å²) in [7, 11) is 0. The second-order valence-electron chi connectivity index (χ2n) is 6.68. The van der Waals surface area contributed by atoms with E-state index in [0.717, 1.165) is 39.3 Å². The van der Waals surface area contributed by atoms with E-state index < -0.39 is 0 Å². The van der Waals surface area contributed by atoms with Gasteiger partial charge in [0.2, 0.25) is 5.91 Å². The second kappa shape index (κ2) is 7.07. The van der Waals surface area contributed by atoms with Crippen molar-refractivity contribution in [2.75, 3.05) is 32.8 Å². The number of ether oxygens (including phenoxy) is 1. The molecule has 1 saturated carbocycles. The van der Waals surface area contributed by atoms with Crippen molar-refractivity contribution in [3.8, 4) is 0 Å². The Bertz CT molecular complexity index is 357. The molecule has 4 unspecified atom stereocenters. The highest BCUT2D eigenvalue weighted by Gasteiger charge is 2.37. The third-order valence-corrected chi connectivity index (χ3v) is 5.33. The smallest absolute Gasteiger partial charge is 0.222 e. The summed E-state index contributed by atoms with van der Waals surface area (Å²) in [6, 6.07) is 1.58. The molecule has 5 heteroatoms. The lowest BCUT2D eigenvalue weighted by Crippen LogP contribution is -2.52. The predicted octanol–water partition coefficient (Wildman–Crippen LogP) is 0.744. The number of carbonyl (C=O) groups is 1. The molecule has 0 radical (unpaired) electrons. The highest BCUT2D eigenvalue weighted by atomic mass is 16.5. The van der Waals surface area contributed by atoms with Gasteiger partial charge in [0.15, 0.2) is 0 Å². The van der Waals surface area contributed by atoms with Crippen molar-refractivity contribution in [1.29, 1.82) is 0 Å². The van der Waals surface area contributed by atoms with Crippen LogP contribution in [0.2, 0.25) is 0 Å².